The molecule has 0 bridgehead atoms. The van der Waals surface area contributed by atoms with Crippen LogP contribution in [0.5, 0.6) is 0 Å². The lowest BCUT2D eigenvalue weighted by Crippen LogP contribution is -1.97. The van der Waals surface area contributed by atoms with Crippen molar-refractivity contribution < 1.29 is 0 Å². The van der Waals surface area contributed by atoms with Crippen LogP contribution in [0.2, 0.25) is 0 Å². The van der Waals surface area contributed by atoms with Crippen LogP contribution in [-0.4, -0.2) is 23.2 Å². The first-order valence-electron chi connectivity index (χ1n) is 5.11. The van der Waals surface area contributed by atoms with Crippen molar-refractivity contribution in [3.63, 3.8) is 0 Å². The predicted molar refractivity (Wildman–Crippen MR) is 72.6 cm³/mol. The molecule has 15 heavy (non-hydrogen) atoms. The molecule has 0 unspecified atom stereocenters. The second-order valence-corrected chi connectivity index (χ2v) is 9.61. The summed E-state index contributed by atoms with van der Waals surface area (Å²) in [6.07, 6.45) is 4.69. The van der Waals surface area contributed by atoms with Crippen LogP contribution in [0.3, 0.4) is 0 Å². The minimum absolute atomic E-state index is 0.665. The number of thiazole rings is 1. The number of hydrogen-bond acceptors (Lipinski definition) is 2. The van der Waals surface area contributed by atoms with E-state index in [-0.39, 0.29) is 0 Å². The minimum atomic E-state index is -0.665. The monoisotopic (exact) mass is 239 g/mol. The van der Waals surface area contributed by atoms with Gasteiger partial charge in [0.25, 0.3) is 0 Å². The van der Waals surface area contributed by atoms with Crippen LogP contribution in [0.15, 0.2) is 22.5 Å². The predicted octanol–water partition coefficient (Wildman–Crippen LogP) is 4.05. The molecule has 1 aromatic carbocycles. The van der Waals surface area contributed by atoms with Crippen molar-refractivity contribution in [1.82, 2.24) is 4.98 Å². The van der Waals surface area contributed by atoms with Gasteiger partial charge in [-0.15, -0.1) is 11.3 Å². The second-order valence-electron chi connectivity index (χ2n) is 4.28. The highest BCUT2D eigenvalue weighted by molar-refractivity contribution is 8.33. The van der Waals surface area contributed by atoms with E-state index in [9.17, 15) is 0 Å². The summed E-state index contributed by atoms with van der Waals surface area (Å²) >= 11 is 1.87. The van der Waals surface area contributed by atoms with E-state index in [1.165, 1.54) is 20.4 Å². The molecule has 1 aromatic heterocycles. The minimum Gasteiger partial charge on any atom is -0.231 e. The van der Waals surface area contributed by atoms with E-state index < -0.39 is 10.0 Å². The summed E-state index contributed by atoms with van der Waals surface area (Å²) in [4.78, 5) is 4.75. The van der Waals surface area contributed by atoms with Crippen molar-refractivity contribution in [3.05, 3.63) is 23.8 Å². The van der Waals surface area contributed by atoms with E-state index in [0.717, 1.165) is 5.52 Å². The SMILES string of the molecule is CCS(C)(C)c1nc2ccc(C)cc2s1. The van der Waals surface area contributed by atoms with Crippen LogP contribution in [0.4, 0.5) is 0 Å². The highest BCUT2D eigenvalue weighted by Gasteiger charge is 2.17. The Bertz CT molecular complexity index is 485. The summed E-state index contributed by atoms with van der Waals surface area (Å²) in [6, 6.07) is 6.51. The summed E-state index contributed by atoms with van der Waals surface area (Å²) in [5.74, 6) is 1.21. The molecule has 0 aliphatic carbocycles. The number of aromatic nitrogens is 1. The normalized spacial score (nSPS) is 13.3. The van der Waals surface area contributed by atoms with E-state index >= 15 is 0 Å². The Labute approximate surface area is 96.9 Å². The number of benzene rings is 1. The van der Waals surface area contributed by atoms with Gasteiger partial charge in [0.15, 0.2) is 0 Å². The van der Waals surface area contributed by atoms with Crippen molar-refractivity contribution in [2.75, 3.05) is 18.3 Å². The smallest absolute Gasteiger partial charge is 0.133 e. The van der Waals surface area contributed by atoms with E-state index in [4.69, 9.17) is 4.98 Å². The zero-order chi connectivity index (χ0) is 11.1. The van der Waals surface area contributed by atoms with Crippen LogP contribution in [0.25, 0.3) is 10.2 Å². The first kappa shape index (κ1) is 11.0. The van der Waals surface area contributed by atoms with Crippen LogP contribution < -0.4 is 0 Å². The van der Waals surface area contributed by atoms with Gasteiger partial charge in [-0.3, -0.25) is 0 Å². The van der Waals surface area contributed by atoms with Crippen LogP contribution in [0.1, 0.15) is 12.5 Å². The van der Waals surface area contributed by atoms with Crippen LogP contribution >= 0.6 is 21.4 Å². The van der Waals surface area contributed by atoms with Gasteiger partial charge in [-0.25, -0.2) is 4.98 Å². The topological polar surface area (TPSA) is 12.9 Å². The van der Waals surface area contributed by atoms with E-state index in [1.54, 1.807) is 0 Å². The first-order chi connectivity index (χ1) is 7.03. The highest BCUT2D eigenvalue weighted by Crippen LogP contribution is 2.51. The summed E-state index contributed by atoms with van der Waals surface area (Å²) < 4.78 is 2.67. The Balaban J connectivity index is 2.56. The van der Waals surface area contributed by atoms with Gasteiger partial charge >= 0.3 is 0 Å². The van der Waals surface area contributed by atoms with Crippen LogP contribution in [0, 0.1) is 6.92 Å². The maximum atomic E-state index is 4.75. The lowest BCUT2D eigenvalue weighted by Gasteiger charge is -2.25. The fraction of sp³-hybridized carbons (Fsp3) is 0.417. The number of aryl methyl sites for hydroxylation is 1. The maximum absolute atomic E-state index is 4.75. The van der Waals surface area contributed by atoms with Gasteiger partial charge < -0.3 is 0 Å². The average molecular weight is 239 g/mol. The molecule has 0 amide bonds. The molecule has 0 N–H and O–H groups in total. The van der Waals surface area contributed by atoms with Crippen molar-refractivity contribution in [3.8, 4) is 0 Å². The summed E-state index contributed by atoms with van der Waals surface area (Å²) in [6.45, 7) is 4.39. The summed E-state index contributed by atoms with van der Waals surface area (Å²) in [7, 11) is -0.665. The van der Waals surface area contributed by atoms with E-state index in [0.29, 0.717) is 0 Å². The van der Waals surface area contributed by atoms with Crippen molar-refractivity contribution in [1.29, 1.82) is 0 Å². The van der Waals surface area contributed by atoms with Gasteiger partial charge in [-0.05, 0) is 42.9 Å². The third kappa shape index (κ3) is 2.04. The Kier molecular flexibility index (Phi) is 2.77. The van der Waals surface area contributed by atoms with Gasteiger partial charge in [0, 0.05) is 0 Å². The molecule has 0 saturated carbocycles. The maximum Gasteiger partial charge on any atom is 0.133 e. The number of fused-ring (bicyclic) bond motifs is 1. The molecule has 0 aliphatic heterocycles. The fourth-order valence-electron chi connectivity index (χ4n) is 1.37. The summed E-state index contributed by atoms with van der Waals surface area (Å²) in [5.41, 5.74) is 2.48. The zero-order valence-corrected chi connectivity index (χ0v) is 11.3. The average Bonchev–Trinajstić information content (AvgIpc) is 2.61. The molecule has 2 aromatic rings. The fourth-order valence-corrected chi connectivity index (χ4v) is 4.28. The zero-order valence-electron chi connectivity index (χ0n) is 9.70. The quantitative estimate of drug-likeness (QED) is 0.770. The molecule has 2 rings (SSSR count). The third-order valence-corrected chi connectivity index (χ3v) is 7.62. The van der Waals surface area contributed by atoms with Gasteiger partial charge in [-0.1, -0.05) is 13.0 Å². The molecule has 0 spiro atoms. The molecular formula is C12H17NS2. The van der Waals surface area contributed by atoms with Gasteiger partial charge in [0.2, 0.25) is 0 Å². The Morgan fingerprint density at radius 1 is 1.33 bits per heavy atom. The summed E-state index contributed by atoms with van der Waals surface area (Å²) in [5, 5.41) is 0. The van der Waals surface area contributed by atoms with E-state index in [2.05, 4.69) is 44.6 Å². The molecular weight excluding hydrogens is 222 g/mol. The highest BCUT2D eigenvalue weighted by atomic mass is 32.3. The molecule has 82 valence electrons. The number of hydrogen-bond donors (Lipinski definition) is 0. The lowest BCUT2D eigenvalue weighted by molar-refractivity contribution is 1.27. The Hall–Kier alpha value is -0.540. The second kappa shape index (κ2) is 3.80. The lowest BCUT2D eigenvalue weighted by atomic mass is 10.2. The molecule has 3 heteroatoms. The standard InChI is InChI=1S/C12H17NS2/c1-5-15(3,4)12-13-10-7-6-9(2)8-11(10)14-12/h6-8H,5H2,1-4H3. The van der Waals surface area contributed by atoms with Crippen molar-refractivity contribution in [2.45, 2.75) is 18.2 Å². The van der Waals surface area contributed by atoms with E-state index in [1.807, 2.05) is 11.3 Å². The Morgan fingerprint density at radius 3 is 2.73 bits per heavy atom. The van der Waals surface area contributed by atoms with Crippen molar-refractivity contribution >= 4 is 31.6 Å². The first-order valence-corrected chi connectivity index (χ1v) is 8.54. The molecule has 1 nitrogen and oxygen atoms in total. The number of rotatable bonds is 2. The molecule has 0 atom stereocenters. The molecule has 0 saturated heterocycles. The van der Waals surface area contributed by atoms with Gasteiger partial charge in [0.1, 0.15) is 4.34 Å². The molecule has 0 aliphatic rings. The third-order valence-electron chi connectivity index (χ3n) is 2.72. The van der Waals surface area contributed by atoms with Crippen LogP contribution in [-0.2, 0) is 0 Å². The molecule has 1 heterocycles. The number of nitrogens with zero attached hydrogens (tertiary/aromatic N) is 1. The van der Waals surface area contributed by atoms with Crippen molar-refractivity contribution in [2.24, 2.45) is 0 Å². The van der Waals surface area contributed by atoms with Gasteiger partial charge in [0.05, 0.1) is 10.2 Å². The largest absolute Gasteiger partial charge is 0.231 e. The molecule has 0 fully saturated rings. The molecule has 0 radical (unpaired) electrons. The Morgan fingerprint density at radius 2 is 2.07 bits per heavy atom. The van der Waals surface area contributed by atoms with Gasteiger partial charge in [-0.2, -0.15) is 10.0 Å².